The average molecular weight is 970 g/mol. The van der Waals surface area contributed by atoms with Gasteiger partial charge in [0.25, 0.3) is 0 Å². The van der Waals surface area contributed by atoms with Gasteiger partial charge in [0.1, 0.15) is 22.4 Å². The minimum absolute atomic E-state index is 0.00711. The molecule has 0 bridgehead atoms. The van der Waals surface area contributed by atoms with Crippen LogP contribution in [0.2, 0.25) is 20.1 Å². The molecule has 320 valence electrons. The van der Waals surface area contributed by atoms with Gasteiger partial charge < -0.3 is 19.8 Å². The molecule has 0 aliphatic carbocycles. The fourth-order valence-electron chi connectivity index (χ4n) is 7.38. The molecule has 2 fully saturated rings. The predicted molar refractivity (Wildman–Crippen MR) is 231 cm³/mol. The monoisotopic (exact) mass is 966 g/mol. The number of anilines is 1. The van der Waals surface area contributed by atoms with Crippen LogP contribution in [0.25, 0.3) is 0 Å². The minimum atomic E-state index is -4.44. The predicted octanol–water partition coefficient (Wildman–Crippen LogP) is 13.6. The summed E-state index contributed by atoms with van der Waals surface area (Å²) in [4.78, 5) is 23.8. The van der Waals surface area contributed by atoms with Gasteiger partial charge in [0.15, 0.2) is 0 Å². The fourth-order valence-corrected chi connectivity index (χ4v) is 8.91. The maximum atomic E-state index is 14.2. The van der Waals surface area contributed by atoms with Crippen LogP contribution in [0, 0.1) is 13.8 Å². The Balaban J connectivity index is 0.000000216. The van der Waals surface area contributed by atoms with Crippen LogP contribution in [0.5, 0.6) is 0 Å². The number of rotatable bonds is 9. The molecule has 2 saturated heterocycles. The van der Waals surface area contributed by atoms with Gasteiger partial charge in [-0.05, 0) is 154 Å². The molecular formula is C44H45BrCl4F6N2O2. The van der Waals surface area contributed by atoms with E-state index in [2.05, 4.69) is 40.3 Å². The first-order chi connectivity index (χ1) is 27.5. The molecule has 0 amide bonds. The highest BCUT2D eigenvalue weighted by Crippen LogP contribution is 2.50. The molecule has 59 heavy (non-hydrogen) atoms. The van der Waals surface area contributed by atoms with E-state index in [9.17, 15) is 35.9 Å². The van der Waals surface area contributed by atoms with Crippen LogP contribution >= 0.6 is 62.3 Å². The Morgan fingerprint density at radius 1 is 0.678 bits per heavy atom. The van der Waals surface area contributed by atoms with E-state index in [0.717, 1.165) is 27.7 Å². The van der Waals surface area contributed by atoms with Crippen molar-refractivity contribution in [3.05, 3.63) is 131 Å². The minimum Gasteiger partial charge on any atom is -0.370 e. The van der Waals surface area contributed by atoms with E-state index in [-0.39, 0.29) is 75.3 Å². The summed E-state index contributed by atoms with van der Waals surface area (Å²) in [5.41, 5.74) is 1.59. The van der Waals surface area contributed by atoms with Crippen molar-refractivity contribution < 1.29 is 35.9 Å². The summed E-state index contributed by atoms with van der Waals surface area (Å²) in [6.07, 6.45) is -6.23. The Morgan fingerprint density at radius 2 is 1.14 bits per heavy atom. The second kappa shape index (κ2) is 20.4. The Labute approximate surface area is 370 Å². The zero-order valence-corrected chi connectivity index (χ0v) is 37.5. The highest BCUT2D eigenvalue weighted by molar-refractivity contribution is 9.10. The molecule has 0 radical (unpaired) electrons. The number of aryl methyl sites for hydroxylation is 4. The maximum absolute atomic E-state index is 14.2. The van der Waals surface area contributed by atoms with Crippen molar-refractivity contribution in [2.24, 2.45) is 0 Å². The molecule has 6 rings (SSSR count). The summed E-state index contributed by atoms with van der Waals surface area (Å²) in [6, 6.07) is 20.1. The normalized spacial score (nSPS) is 19.1. The van der Waals surface area contributed by atoms with Crippen molar-refractivity contribution in [2.45, 2.75) is 89.4 Å². The Hall–Kier alpha value is -2.80. The summed E-state index contributed by atoms with van der Waals surface area (Å²) in [7, 11) is 0. The fraction of sp³-hybridized carbons (Fsp3) is 0.409. The third-order valence-corrected chi connectivity index (χ3v) is 12.2. The van der Waals surface area contributed by atoms with Gasteiger partial charge in [0, 0.05) is 62.7 Å². The Morgan fingerprint density at radius 3 is 1.54 bits per heavy atom. The van der Waals surface area contributed by atoms with E-state index < -0.39 is 23.2 Å². The van der Waals surface area contributed by atoms with Gasteiger partial charge in [-0.3, -0.25) is 0 Å². The largest absolute Gasteiger partial charge is 0.400 e. The lowest BCUT2D eigenvalue weighted by molar-refractivity contribution is -0.185. The van der Waals surface area contributed by atoms with Crippen molar-refractivity contribution in [1.29, 1.82) is 0 Å². The van der Waals surface area contributed by atoms with E-state index in [1.54, 1.807) is 18.7 Å². The van der Waals surface area contributed by atoms with Crippen LogP contribution in [0.1, 0.15) is 72.9 Å². The van der Waals surface area contributed by atoms with Gasteiger partial charge in [-0.15, -0.1) is 0 Å². The summed E-state index contributed by atoms with van der Waals surface area (Å²) in [6.45, 7) is 7.45. The van der Waals surface area contributed by atoms with Crippen LogP contribution in [0.15, 0.2) is 77.3 Å². The third-order valence-electron chi connectivity index (χ3n) is 10.8. The molecule has 0 aromatic heterocycles. The number of hydrogen-bond acceptors (Lipinski definition) is 4. The maximum Gasteiger partial charge on any atom is 0.400 e. The van der Waals surface area contributed by atoms with E-state index in [1.165, 1.54) is 47.5 Å². The molecule has 2 unspecified atom stereocenters. The quantitative estimate of drug-likeness (QED) is 0.170. The lowest BCUT2D eigenvalue weighted by Gasteiger charge is -2.33. The molecule has 2 heterocycles. The summed E-state index contributed by atoms with van der Waals surface area (Å²) < 4.78 is 83.5. The summed E-state index contributed by atoms with van der Waals surface area (Å²) >= 11 is 26.9. The summed E-state index contributed by atoms with van der Waals surface area (Å²) in [5, 5.41) is 3.59. The Kier molecular flexibility index (Phi) is 16.9. The lowest BCUT2D eigenvalue weighted by atomic mass is 9.79. The van der Waals surface area contributed by atoms with Crippen LogP contribution < -0.4 is 10.2 Å². The second-order valence-corrected chi connectivity index (χ2v) is 17.8. The topological polar surface area (TPSA) is 49.4 Å². The highest BCUT2D eigenvalue weighted by atomic mass is 79.9. The number of halogens is 11. The molecule has 4 aromatic carbocycles. The van der Waals surface area contributed by atoms with Gasteiger partial charge in [-0.2, -0.15) is 26.3 Å². The number of benzene rings is 4. The molecule has 0 saturated carbocycles. The molecule has 0 spiro atoms. The van der Waals surface area contributed by atoms with Gasteiger partial charge in [0.2, 0.25) is 0 Å². The number of hydrogen-bond donors (Lipinski definition) is 1. The Bertz CT molecular complexity index is 2080. The first-order valence-electron chi connectivity index (χ1n) is 18.8. The van der Waals surface area contributed by atoms with Crippen LogP contribution in [-0.2, 0) is 33.3 Å². The number of Topliss-reactive ketones (excluding diaryl/α,β-unsaturated/α-hetero) is 2. The number of carbonyl (C=O) groups excluding carboxylic acids is 2. The molecular weight excluding hydrogens is 924 g/mol. The number of ketones is 2. The molecule has 2 atom stereocenters. The van der Waals surface area contributed by atoms with E-state index in [1.807, 2.05) is 31.2 Å². The molecule has 2 aliphatic heterocycles. The van der Waals surface area contributed by atoms with E-state index in [0.29, 0.717) is 25.8 Å². The van der Waals surface area contributed by atoms with Gasteiger partial charge in [-0.25, -0.2) is 0 Å². The molecule has 4 aromatic rings. The number of nitrogens with one attached hydrogen (secondary N) is 1. The lowest BCUT2D eigenvalue weighted by Crippen LogP contribution is -2.44. The van der Waals surface area contributed by atoms with Crippen molar-refractivity contribution >= 4 is 79.6 Å². The van der Waals surface area contributed by atoms with Crippen molar-refractivity contribution in [1.82, 2.24) is 5.32 Å². The molecule has 2 aliphatic rings. The number of nitrogens with zero attached hydrogens (tertiary/aromatic N) is 1. The zero-order valence-electron chi connectivity index (χ0n) is 32.9. The average Bonchev–Trinajstić information content (AvgIpc) is 3.81. The number of carbonyl (C=O) groups is 2. The first-order valence-corrected chi connectivity index (χ1v) is 21.1. The van der Waals surface area contributed by atoms with Crippen LogP contribution in [-0.4, -0.2) is 50.1 Å². The second-order valence-electron chi connectivity index (χ2n) is 15.2. The third kappa shape index (κ3) is 12.6. The smallest absolute Gasteiger partial charge is 0.370 e. The van der Waals surface area contributed by atoms with E-state index >= 15 is 0 Å². The van der Waals surface area contributed by atoms with Crippen molar-refractivity contribution in [2.75, 3.05) is 31.1 Å². The molecule has 4 nitrogen and oxygen atoms in total. The number of alkyl halides is 6. The van der Waals surface area contributed by atoms with E-state index in [4.69, 9.17) is 46.4 Å². The first kappa shape index (κ1) is 48.9. The van der Waals surface area contributed by atoms with Crippen LogP contribution in [0.3, 0.4) is 0 Å². The SMILES string of the molecule is CC(=O)CCc1ccc(Br)cc1C.CC(=O)CCc1ccc(N2CCC(c3cc(Cl)cc(Cl)c3)(C(F)(F)F)C2)cc1C.FC(F)(F)C1(c2cc(Cl)cc(Cl)c2)CCNC1. The zero-order chi connectivity index (χ0) is 43.9. The van der Waals surface area contributed by atoms with Crippen molar-refractivity contribution in [3.63, 3.8) is 0 Å². The van der Waals surface area contributed by atoms with Gasteiger partial charge in [0.05, 0.1) is 0 Å². The molecule has 1 N–H and O–H groups in total. The standard InChI is InChI=1S/C22H22Cl2F3NO.C11H13BrO.C11H10Cl2F3N/c1-14-9-20(6-5-16(14)4-3-15(2)29)28-8-7-21(13-28,22(25,26)27)17-10-18(23)12-19(24)11-17;1-8-7-11(12)6-5-10(8)4-3-9(2)13;12-8-3-7(4-9(13)5-8)10(11(14,15)16)1-2-17-6-10/h5-6,9-12H,3-4,7-8,13H2,1-2H3;5-7H,3-4H2,1-2H3;3-5,17H,1-2,6H2. The van der Waals surface area contributed by atoms with Crippen LogP contribution in [0.4, 0.5) is 32.0 Å². The highest BCUT2D eigenvalue weighted by Gasteiger charge is 2.59. The van der Waals surface area contributed by atoms with Crippen molar-refractivity contribution in [3.8, 4) is 0 Å². The van der Waals surface area contributed by atoms with Gasteiger partial charge >= 0.3 is 12.4 Å². The summed E-state index contributed by atoms with van der Waals surface area (Å²) in [5.74, 6) is 0.366. The van der Waals surface area contributed by atoms with Gasteiger partial charge in [-0.1, -0.05) is 74.5 Å². The molecule has 15 heteroatoms.